The monoisotopic (exact) mass is 540 g/mol. The maximum atomic E-state index is 11.2. The fraction of sp³-hybridized carbons (Fsp3) is 0.188. The van der Waals surface area contributed by atoms with Crippen molar-refractivity contribution in [3.63, 3.8) is 0 Å². The molecule has 0 aliphatic rings. The molecule has 2 aromatic heterocycles. The fourth-order valence-corrected chi connectivity index (χ4v) is 7.63. The van der Waals surface area contributed by atoms with Gasteiger partial charge in [0, 0.05) is 34.6 Å². The molecule has 0 aliphatic carbocycles. The van der Waals surface area contributed by atoms with E-state index in [9.17, 15) is 10.2 Å². The van der Waals surface area contributed by atoms with Crippen LogP contribution in [-0.4, -0.2) is 20.2 Å². The molecule has 0 spiro atoms. The Balaban J connectivity index is 1.86. The van der Waals surface area contributed by atoms with Crippen LogP contribution in [0, 0.1) is 27.7 Å². The highest BCUT2D eigenvalue weighted by Crippen LogP contribution is 2.55. The normalized spacial score (nSPS) is 12.6. The van der Waals surface area contributed by atoms with Gasteiger partial charge in [-0.1, -0.05) is 107 Å². The first kappa shape index (κ1) is 27.6. The van der Waals surface area contributed by atoms with E-state index in [0.29, 0.717) is 11.4 Å². The first-order chi connectivity index (χ1) is 18.2. The lowest BCUT2D eigenvalue weighted by atomic mass is 9.98. The van der Waals surface area contributed by atoms with Gasteiger partial charge in [0.25, 0.3) is 0 Å². The van der Waals surface area contributed by atoms with Gasteiger partial charge in [-0.05, 0) is 38.8 Å². The Hall–Kier alpha value is -3.48. The van der Waals surface area contributed by atoms with Crippen LogP contribution in [0.25, 0.3) is 12.2 Å². The molecule has 4 nitrogen and oxygen atoms in total. The van der Waals surface area contributed by atoms with Crippen molar-refractivity contribution in [3.05, 3.63) is 130 Å². The molecular formula is C32H32N2O2S2. The summed E-state index contributed by atoms with van der Waals surface area (Å²) in [6.07, 6.45) is 6.99. The van der Waals surface area contributed by atoms with Crippen molar-refractivity contribution in [2.45, 2.75) is 38.2 Å². The highest BCUT2D eigenvalue weighted by molar-refractivity contribution is 8.76. The Morgan fingerprint density at radius 1 is 0.632 bits per heavy atom. The summed E-state index contributed by atoms with van der Waals surface area (Å²) < 4.78 is 0. The molecule has 2 heterocycles. The van der Waals surface area contributed by atoms with Crippen LogP contribution >= 0.6 is 21.6 Å². The standard InChI is InChI=1S/C32H32N2O2S2/c1-7-23-17-33-21(5)29(35)27(23)31(25-13-9-19(3)10-14-25)37-38-32(26-15-11-20(4)12-16-26)28-24(8-2)18-34-22(6)30(28)36/h7-18,31-32,35-36H,1-2H2,3-6H3. The number of hydrogen-bond donors (Lipinski definition) is 2. The molecule has 38 heavy (non-hydrogen) atoms. The van der Waals surface area contributed by atoms with Crippen LogP contribution in [0.2, 0.25) is 0 Å². The number of aromatic hydroxyl groups is 2. The van der Waals surface area contributed by atoms with Gasteiger partial charge in [-0.15, -0.1) is 0 Å². The van der Waals surface area contributed by atoms with Crippen LogP contribution in [0.15, 0.2) is 74.1 Å². The van der Waals surface area contributed by atoms with Gasteiger partial charge in [-0.25, -0.2) is 0 Å². The Labute approximate surface area is 233 Å². The van der Waals surface area contributed by atoms with E-state index in [1.165, 1.54) is 0 Å². The second-order valence-corrected chi connectivity index (χ2v) is 11.8. The molecule has 4 aromatic rings. The van der Waals surface area contributed by atoms with Crippen LogP contribution in [-0.2, 0) is 0 Å². The van der Waals surface area contributed by atoms with Gasteiger partial charge in [0.05, 0.1) is 21.9 Å². The number of aryl methyl sites for hydroxylation is 4. The lowest BCUT2D eigenvalue weighted by Crippen LogP contribution is -2.05. The Bertz CT molecular complexity index is 1350. The molecule has 0 fully saturated rings. The Morgan fingerprint density at radius 2 is 0.974 bits per heavy atom. The van der Waals surface area contributed by atoms with Crippen LogP contribution in [0.3, 0.4) is 0 Å². The van der Waals surface area contributed by atoms with E-state index in [1.807, 2.05) is 0 Å². The summed E-state index contributed by atoms with van der Waals surface area (Å²) in [6.45, 7) is 15.7. The van der Waals surface area contributed by atoms with E-state index in [-0.39, 0.29) is 22.0 Å². The molecule has 4 rings (SSSR count). The molecule has 194 valence electrons. The summed E-state index contributed by atoms with van der Waals surface area (Å²) in [4.78, 5) is 8.71. The topological polar surface area (TPSA) is 66.2 Å². The van der Waals surface area contributed by atoms with E-state index in [1.54, 1.807) is 60.0 Å². The Morgan fingerprint density at radius 3 is 1.29 bits per heavy atom. The van der Waals surface area contributed by atoms with E-state index < -0.39 is 0 Å². The molecule has 0 saturated carbocycles. The number of hydrogen-bond acceptors (Lipinski definition) is 6. The molecular weight excluding hydrogens is 508 g/mol. The number of pyridine rings is 2. The van der Waals surface area contributed by atoms with Gasteiger partial charge in [0.2, 0.25) is 0 Å². The van der Waals surface area contributed by atoms with E-state index in [2.05, 4.69) is 85.5 Å². The third kappa shape index (κ3) is 5.66. The van der Waals surface area contributed by atoms with E-state index >= 15 is 0 Å². The minimum absolute atomic E-state index is 0.169. The summed E-state index contributed by atoms with van der Waals surface area (Å²) in [6, 6.07) is 16.7. The molecule has 2 atom stereocenters. The number of nitrogens with zero attached hydrogens (tertiary/aromatic N) is 2. The smallest absolute Gasteiger partial charge is 0.142 e. The van der Waals surface area contributed by atoms with Crippen LogP contribution < -0.4 is 0 Å². The van der Waals surface area contributed by atoms with Crippen molar-refractivity contribution >= 4 is 33.7 Å². The number of benzene rings is 2. The fourth-order valence-electron chi connectivity index (χ4n) is 4.27. The third-order valence-electron chi connectivity index (χ3n) is 6.58. The maximum Gasteiger partial charge on any atom is 0.142 e. The lowest BCUT2D eigenvalue weighted by molar-refractivity contribution is 0.460. The van der Waals surface area contributed by atoms with Crippen LogP contribution in [0.4, 0.5) is 0 Å². The van der Waals surface area contributed by atoms with Crippen molar-refractivity contribution in [1.29, 1.82) is 0 Å². The molecule has 0 bridgehead atoms. The van der Waals surface area contributed by atoms with Crippen molar-refractivity contribution in [2.75, 3.05) is 0 Å². The summed E-state index contributed by atoms with van der Waals surface area (Å²) in [5.41, 5.74) is 8.69. The zero-order valence-electron chi connectivity index (χ0n) is 22.1. The predicted molar refractivity (Wildman–Crippen MR) is 163 cm³/mol. The first-order valence-corrected chi connectivity index (χ1v) is 14.6. The summed E-state index contributed by atoms with van der Waals surface area (Å²) in [7, 11) is 3.27. The quantitative estimate of drug-likeness (QED) is 0.207. The number of aromatic nitrogens is 2. The number of rotatable bonds is 9. The van der Waals surface area contributed by atoms with Gasteiger partial charge in [-0.3, -0.25) is 9.97 Å². The van der Waals surface area contributed by atoms with Crippen molar-refractivity contribution in [1.82, 2.24) is 9.97 Å². The van der Waals surface area contributed by atoms with Gasteiger partial charge < -0.3 is 10.2 Å². The summed E-state index contributed by atoms with van der Waals surface area (Å²) in [5, 5.41) is 21.9. The average Bonchev–Trinajstić information content (AvgIpc) is 2.92. The first-order valence-electron chi connectivity index (χ1n) is 12.3. The molecule has 0 radical (unpaired) electrons. The maximum absolute atomic E-state index is 11.2. The molecule has 2 aromatic carbocycles. The molecule has 0 saturated heterocycles. The molecule has 2 N–H and O–H groups in total. The van der Waals surface area contributed by atoms with Crippen molar-refractivity contribution in [3.8, 4) is 11.5 Å². The van der Waals surface area contributed by atoms with Crippen LogP contribution in [0.1, 0.15) is 66.4 Å². The highest BCUT2D eigenvalue weighted by Gasteiger charge is 2.28. The average molecular weight is 541 g/mol. The lowest BCUT2D eigenvalue weighted by Gasteiger charge is -2.26. The summed E-state index contributed by atoms with van der Waals surface area (Å²) in [5.74, 6) is 0.338. The van der Waals surface area contributed by atoms with E-state index in [0.717, 1.165) is 44.5 Å². The second-order valence-electron chi connectivity index (χ2n) is 9.30. The van der Waals surface area contributed by atoms with Crippen molar-refractivity contribution in [2.24, 2.45) is 0 Å². The van der Waals surface area contributed by atoms with E-state index in [4.69, 9.17) is 0 Å². The van der Waals surface area contributed by atoms with Crippen molar-refractivity contribution < 1.29 is 10.2 Å². The second kappa shape index (κ2) is 11.9. The molecule has 2 unspecified atom stereocenters. The van der Waals surface area contributed by atoms with Gasteiger partial charge in [0.1, 0.15) is 11.5 Å². The van der Waals surface area contributed by atoms with Gasteiger partial charge in [-0.2, -0.15) is 0 Å². The zero-order valence-corrected chi connectivity index (χ0v) is 23.7. The molecule has 0 aliphatic heterocycles. The minimum Gasteiger partial charge on any atom is -0.506 e. The zero-order chi connectivity index (χ0) is 27.4. The summed E-state index contributed by atoms with van der Waals surface area (Å²) >= 11 is 0. The highest BCUT2D eigenvalue weighted by atomic mass is 33.1. The SMILES string of the molecule is C=Cc1cnc(C)c(O)c1C(SSC(c1ccc(C)cc1)c1c(C=C)cnc(C)c1O)c1ccc(C)cc1. The van der Waals surface area contributed by atoms with Gasteiger partial charge >= 0.3 is 0 Å². The minimum atomic E-state index is -0.222. The molecule has 0 amide bonds. The predicted octanol–water partition coefficient (Wildman–Crippen LogP) is 8.67. The largest absolute Gasteiger partial charge is 0.506 e. The van der Waals surface area contributed by atoms with Gasteiger partial charge in [0.15, 0.2) is 0 Å². The Kier molecular flexibility index (Phi) is 8.65. The molecule has 6 heteroatoms. The third-order valence-corrected chi connectivity index (χ3v) is 9.58. The van der Waals surface area contributed by atoms with Crippen LogP contribution in [0.5, 0.6) is 11.5 Å².